The molecule has 0 radical (unpaired) electrons. The monoisotopic (exact) mass is 598 g/mol. The topological polar surface area (TPSA) is 110 Å². The minimum absolute atomic E-state index is 0.0111. The van der Waals surface area contributed by atoms with Crippen LogP contribution in [0.4, 0.5) is 10.5 Å². The molecule has 0 unspecified atom stereocenters. The number of nitrogens with zero attached hydrogens (tertiary/aromatic N) is 3. The van der Waals surface area contributed by atoms with E-state index in [0.717, 1.165) is 81.8 Å². The molecular weight excluding hydrogens is 554 g/mol. The number of piperidine rings is 2. The molecule has 2 saturated heterocycles. The molecule has 0 bridgehead atoms. The number of likely N-dealkylation sites (tertiary alicyclic amines) is 2. The first kappa shape index (κ1) is 31.4. The van der Waals surface area contributed by atoms with E-state index in [-0.39, 0.29) is 23.8 Å². The number of rotatable bonds is 10. The summed E-state index contributed by atoms with van der Waals surface area (Å²) < 4.78 is 5.77. The van der Waals surface area contributed by atoms with Crippen LogP contribution in [0.2, 0.25) is 0 Å². The Morgan fingerprint density at radius 2 is 1.48 bits per heavy atom. The zero-order chi connectivity index (χ0) is 30.9. The Bertz CT molecular complexity index is 1400. The van der Waals surface area contributed by atoms with Crippen molar-refractivity contribution in [3.8, 4) is 11.1 Å². The fraction of sp³-hybridized carbons (Fsp3) is 0.400. The van der Waals surface area contributed by atoms with Gasteiger partial charge in [0.05, 0.1) is 11.6 Å². The Labute approximate surface area is 260 Å². The van der Waals surface area contributed by atoms with Gasteiger partial charge in [-0.3, -0.25) is 20.7 Å². The number of likely N-dealkylation sites (N-methyl/N-ethyl adjacent to an activating group) is 1. The Hall–Kier alpha value is -4.05. The first-order valence-corrected chi connectivity index (χ1v) is 15.6. The molecule has 2 fully saturated rings. The molecule has 4 N–H and O–H groups in total. The molecule has 3 amide bonds. The van der Waals surface area contributed by atoms with Crippen molar-refractivity contribution in [1.82, 2.24) is 14.7 Å². The number of quaternary nitrogens is 1. The van der Waals surface area contributed by atoms with E-state index in [1.807, 2.05) is 85.9 Å². The van der Waals surface area contributed by atoms with Gasteiger partial charge in [0.25, 0.3) is 5.91 Å². The zero-order valence-electron chi connectivity index (χ0n) is 25.6. The summed E-state index contributed by atoms with van der Waals surface area (Å²) in [5, 5.41) is 2.93. The van der Waals surface area contributed by atoms with Gasteiger partial charge in [-0.2, -0.15) is 0 Å². The van der Waals surface area contributed by atoms with Crippen molar-refractivity contribution >= 4 is 23.6 Å². The highest BCUT2D eigenvalue weighted by atomic mass is 16.6. The molecule has 44 heavy (non-hydrogen) atoms. The van der Waals surface area contributed by atoms with Crippen LogP contribution in [0, 0.1) is 5.92 Å². The standard InChI is InChI=1S/C35H43N5O4/c1-38(34(42)29-13-11-26(12-14-29)25-40-19-15-28(16-20-40)33(36)41)23-24-39-21-17-30(18-22-39)44-35(43)37-32-10-6-5-9-31(32)27-7-3-2-4-8-27/h2-14,28,30H,15-25H2,1H3,(H2,36,41)(H,37,43)/p+1. The molecule has 3 aromatic rings. The van der Waals surface area contributed by atoms with Gasteiger partial charge in [-0.25, -0.2) is 9.59 Å². The summed E-state index contributed by atoms with van der Waals surface area (Å²) in [6.07, 6.45) is 2.69. The number of anilines is 1. The second-order valence-corrected chi connectivity index (χ2v) is 11.9. The lowest BCUT2D eigenvalue weighted by molar-refractivity contribution is -0.312. The van der Waals surface area contributed by atoms with E-state index in [1.165, 1.54) is 5.56 Å². The number of para-hydroxylation sites is 1. The van der Waals surface area contributed by atoms with Crippen LogP contribution >= 0.6 is 0 Å². The molecule has 0 aromatic heterocycles. The van der Waals surface area contributed by atoms with Crippen molar-refractivity contribution in [3.05, 3.63) is 90.0 Å². The van der Waals surface area contributed by atoms with E-state index < -0.39 is 6.09 Å². The lowest BCUT2D eigenvalue weighted by Gasteiger charge is -2.32. The van der Waals surface area contributed by atoms with Crippen molar-refractivity contribution in [3.63, 3.8) is 0 Å². The van der Waals surface area contributed by atoms with Crippen molar-refractivity contribution in [1.29, 1.82) is 0 Å². The van der Waals surface area contributed by atoms with Crippen LogP contribution in [0.15, 0.2) is 78.9 Å². The lowest BCUT2D eigenvalue weighted by Crippen LogP contribution is -2.61. The Morgan fingerprint density at radius 1 is 0.841 bits per heavy atom. The fourth-order valence-electron chi connectivity index (χ4n) is 6.04. The Balaban J connectivity index is 1.01. The van der Waals surface area contributed by atoms with Gasteiger partial charge in [-0.05, 0) is 68.1 Å². The van der Waals surface area contributed by atoms with Gasteiger partial charge in [0, 0.05) is 50.9 Å². The van der Waals surface area contributed by atoms with Crippen LogP contribution in [0.5, 0.6) is 0 Å². The summed E-state index contributed by atoms with van der Waals surface area (Å²) >= 11 is 0. The van der Waals surface area contributed by atoms with E-state index in [2.05, 4.69) is 20.9 Å². The average molecular weight is 599 g/mol. The minimum atomic E-state index is -0.432. The molecule has 5 rings (SSSR count). The van der Waals surface area contributed by atoms with Gasteiger partial charge in [-0.1, -0.05) is 60.7 Å². The molecule has 9 heteroatoms. The average Bonchev–Trinajstić information content (AvgIpc) is 3.05. The summed E-state index contributed by atoms with van der Waals surface area (Å²) in [5.41, 5.74) is 8.14. The molecule has 9 nitrogen and oxygen atoms in total. The Kier molecular flexibility index (Phi) is 10.8. The predicted molar refractivity (Wildman–Crippen MR) is 171 cm³/mol. The van der Waals surface area contributed by atoms with Gasteiger partial charge in [0.2, 0.25) is 0 Å². The van der Waals surface area contributed by atoms with Crippen LogP contribution in [0.25, 0.3) is 11.1 Å². The molecule has 0 spiro atoms. The third kappa shape index (κ3) is 8.53. The summed E-state index contributed by atoms with van der Waals surface area (Å²) in [6.45, 7) is 5.65. The van der Waals surface area contributed by atoms with Crippen molar-refractivity contribution in [2.75, 3.05) is 51.6 Å². The number of hydrogen-bond acceptors (Lipinski definition) is 6. The van der Waals surface area contributed by atoms with Crippen molar-refractivity contribution in [2.24, 2.45) is 5.92 Å². The summed E-state index contributed by atoms with van der Waals surface area (Å²) in [5.74, 6) is 0.163. The van der Waals surface area contributed by atoms with E-state index in [9.17, 15) is 14.4 Å². The first-order valence-electron chi connectivity index (χ1n) is 15.6. The second-order valence-electron chi connectivity index (χ2n) is 11.9. The number of benzene rings is 3. The van der Waals surface area contributed by atoms with Gasteiger partial charge in [0.15, 0.2) is 0 Å². The van der Waals surface area contributed by atoms with Crippen LogP contribution in [0.3, 0.4) is 0 Å². The fourth-order valence-corrected chi connectivity index (χ4v) is 6.04. The number of nitrogens with one attached hydrogen (secondary N) is 1. The quantitative estimate of drug-likeness (QED) is 0.364. The maximum absolute atomic E-state index is 13.1. The van der Waals surface area contributed by atoms with Crippen LogP contribution in [-0.4, -0.2) is 85.0 Å². The second kappa shape index (κ2) is 15.1. The van der Waals surface area contributed by atoms with Crippen LogP contribution in [0.1, 0.15) is 41.6 Å². The number of ether oxygens (including phenoxy) is 1. The number of carbonyl (C=O) groups excluding carboxylic acids is 3. The number of hydrogen-bond donors (Lipinski definition) is 2. The molecule has 0 saturated carbocycles. The van der Waals surface area contributed by atoms with E-state index in [4.69, 9.17) is 4.74 Å². The number of amides is 3. The largest absolute Gasteiger partial charge is 0.446 e. The lowest BCUT2D eigenvalue weighted by atomic mass is 9.96. The SMILES string of the molecule is CN(CCN1CCC(OC(=O)Nc2ccccc2-c2ccccc2)CC1)C(=O)c1ccc(CN2CCC(C([NH3+])=O)CC2)cc1. The molecule has 2 heterocycles. The third-order valence-electron chi connectivity index (χ3n) is 8.81. The molecule has 0 atom stereocenters. The maximum atomic E-state index is 13.1. The normalized spacial score (nSPS) is 16.8. The van der Waals surface area contributed by atoms with Crippen LogP contribution in [-0.2, 0) is 16.1 Å². The number of carbonyl (C=O) groups is 3. The minimum Gasteiger partial charge on any atom is -0.446 e. The zero-order valence-corrected chi connectivity index (χ0v) is 25.6. The molecule has 0 aliphatic carbocycles. The molecule has 2 aliphatic heterocycles. The van der Waals surface area contributed by atoms with E-state index in [1.54, 1.807) is 4.90 Å². The smallest absolute Gasteiger partial charge is 0.411 e. The van der Waals surface area contributed by atoms with Crippen LogP contribution < -0.4 is 11.1 Å². The van der Waals surface area contributed by atoms with E-state index >= 15 is 0 Å². The summed E-state index contributed by atoms with van der Waals surface area (Å²) in [4.78, 5) is 43.7. The summed E-state index contributed by atoms with van der Waals surface area (Å²) in [6, 6.07) is 25.6. The highest BCUT2D eigenvalue weighted by molar-refractivity contribution is 5.94. The Morgan fingerprint density at radius 3 is 2.16 bits per heavy atom. The first-order chi connectivity index (χ1) is 21.4. The van der Waals surface area contributed by atoms with E-state index in [0.29, 0.717) is 12.1 Å². The predicted octanol–water partition coefficient (Wildman–Crippen LogP) is 4.12. The van der Waals surface area contributed by atoms with Crippen molar-refractivity contribution in [2.45, 2.75) is 38.3 Å². The van der Waals surface area contributed by atoms with Gasteiger partial charge < -0.3 is 14.5 Å². The van der Waals surface area contributed by atoms with Crippen molar-refractivity contribution < 1.29 is 24.9 Å². The molecule has 3 aromatic carbocycles. The van der Waals surface area contributed by atoms with Gasteiger partial charge >= 0.3 is 12.0 Å². The molecule has 232 valence electrons. The highest BCUT2D eigenvalue weighted by Crippen LogP contribution is 2.28. The maximum Gasteiger partial charge on any atom is 0.411 e. The highest BCUT2D eigenvalue weighted by Gasteiger charge is 2.26. The molecular formula is C35H44N5O4+. The summed E-state index contributed by atoms with van der Waals surface area (Å²) in [7, 11) is 1.84. The third-order valence-corrected chi connectivity index (χ3v) is 8.81. The van der Waals surface area contributed by atoms with Gasteiger partial charge in [0.1, 0.15) is 6.10 Å². The van der Waals surface area contributed by atoms with Gasteiger partial charge in [-0.15, -0.1) is 0 Å². The molecule has 2 aliphatic rings.